The van der Waals surface area contributed by atoms with E-state index in [-0.39, 0.29) is 5.37 Å². The van der Waals surface area contributed by atoms with Crippen LogP contribution in [0.3, 0.4) is 0 Å². The number of nitrogens with one attached hydrogen (secondary N) is 1. The molecule has 56 valence electrons. The maximum absolute atomic E-state index is 11.8. The van der Waals surface area contributed by atoms with Gasteiger partial charge in [0.05, 0.1) is 17.1 Å². The molecule has 0 radical (unpaired) electrons. The Bertz CT molecular complexity index is 176. The molecule has 0 aliphatic heterocycles. The Kier molecular flexibility index (Phi) is 3.02. The number of anilines is 1. The Labute approximate surface area is 67.9 Å². The lowest BCUT2D eigenvalue weighted by Crippen LogP contribution is -2.06. The lowest BCUT2D eigenvalue weighted by Gasteiger charge is -2.05. The normalized spacial score (nSPS) is 13.0. The fraction of sp³-hybridized carbons (Fsp3) is 0.333. The summed E-state index contributed by atoms with van der Waals surface area (Å²) in [5.74, 6) is 0. The molecule has 0 spiro atoms. The number of thiophene rings is 1. The monoisotopic (exact) mass is 177 g/mol. The van der Waals surface area contributed by atoms with Crippen LogP contribution in [0, 0.1) is 0 Å². The third kappa shape index (κ3) is 2.19. The van der Waals surface area contributed by atoms with Crippen molar-refractivity contribution in [3.05, 3.63) is 17.5 Å². The van der Waals surface area contributed by atoms with E-state index in [1.165, 1.54) is 0 Å². The van der Waals surface area contributed by atoms with Gasteiger partial charge in [0, 0.05) is 0 Å². The average Bonchev–Trinajstić information content (AvgIpc) is 2.40. The van der Waals surface area contributed by atoms with Gasteiger partial charge in [-0.2, -0.15) is 3.89 Å². The van der Waals surface area contributed by atoms with Gasteiger partial charge in [0.25, 0.3) is 0 Å². The Balaban J connectivity index is 2.40. The fourth-order valence-corrected chi connectivity index (χ4v) is 1.54. The Morgan fingerprint density at radius 3 is 3.10 bits per heavy atom. The molecule has 1 unspecified atom stereocenters. The summed E-state index contributed by atoms with van der Waals surface area (Å²) >= 11 is 1.89. The Morgan fingerprint density at radius 1 is 1.80 bits per heavy atom. The molecular weight excluding hydrogens is 169 g/mol. The first-order valence-electron chi connectivity index (χ1n) is 2.90. The number of halogens is 1. The molecule has 1 atom stereocenters. The molecule has 1 nitrogen and oxygen atoms in total. The molecule has 0 bridgehead atoms. The maximum Gasteiger partial charge on any atom is 0.102 e. The van der Waals surface area contributed by atoms with Crippen LogP contribution in [0.25, 0.3) is 0 Å². The van der Waals surface area contributed by atoms with Crippen LogP contribution in [0.4, 0.5) is 8.89 Å². The van der Waals surface area contributed by atoms with Crippen molar-refractivity contribution in [3.8, 4) is 0 Å². The zero-order valence-electron chi connectivity index (χ0n) is 5.50. The molecule has 1 rings (SSSR count). The summed E-state index contributed by atoms with van der Waals surface area (Å²) in [6, 6.07) is 3.86. The summed E-state index contributed by atoms with van der Waals surface area (Å²) in [4.78, 5) is 0. The highest BCUT2D eigenvalue weighted by molar-refractivity contribution is 7.95. The summed E-state index contributed by atoms with van der Waals surface area (Å²) in [5.41, 5.74) is 0. The van der Waals surface area contributed by atoms with Crippen molar-refractivity contribution in [1.82, 2.24) is 0 Å². The minimum Gasteiger partial charge on any atom is -0.363 e. The van der Waals surface area contributed by atoms with Crippen molar-refractivity contribution in [2.24, 2.45) is 0 Å². The van der Waals surface area contributed by atoms with Crippen molar-refractivity contribution >= 4 is 28.5 Å². The molecule has 0 aliphatic rings. The minimum absolute atomic E-state index is 0.154. The van der Waals surface area contributed by atoms with Crippen molar-refractivity contribution in [1.29, 1.82) is 0 Å². The van der Waals surface area contributed by atoms with E-state index in [2.05, 4.69) is 5.32 Å². The van der Waals surface area contributed by atoms with Gasteiger partial charge in [0.15, 0.2) is 0 Å². The van der Waals surface area contributed by atoms with Crippen LogP contribution in [0.15, 0.2) is 17.5 Å². The van der Waals surface area contributed by atoms with Gasteiger partial charge in [0.1, 0.15) is 5.37 Å². The van der Waals surface area contributed by atoms with E-state index in [0.29, 0.717) is 12.1 Å². The number of hydrogen-bond acceptors (Lipinski definition) is 3. The third-order valence-electron chi connectivity index (χ3n) is 1.00. The zero-order chi connectivity index (χ0) is 7.40. The highest BCUT2D eigenvalue weighted by Crippen LogP contribution is 2.20. The molecule has 0 aliphatic carbocycles. The van der Waals surface area contributed by atoms with Gasteiger partial charge in [-0.15, -0.1) is 11.3 Å². The summed E-state index contributed by atoms with van der Waals surface area (Å²) in [6.45, 7) is 1.78. The molecule has 4 heteroatoms. The highest BCUT2D eigenvalue weighted by atomic mass is 32.2. The van der Waals surface area contributed by atoms with Crippen LogP contribution in [-0.2, 0) is 0 Å². The molecule has 1 heterocycles. The smallest absolute Gasteiger partial charge is 0.102 e. The van der Waals surface area contributed by atoms with E-state index >= 15 is 0 Å². The summed E-state index contributed by atoms with van der Waals surface area (Å²) in [7, 11) is 0. The average molecular weight is 177 g/mol. The van der Waals surface area contributed by atoms with E-state index in [4.69, 9.17) is 0 Å². The number of rotatable bonds is 3. The van der Waals surface area contributed by atoms with Gasteiger partial charge >= 0.3 is 0 Å². The van der Waals surface area contributed by atoms with Crippen molar-refractivity contribution in [3.63, 3.8) is 0 Å². The second-order valence-corrected chi connectivity index (χ2v) is 3.69. The molecule has 0 aromatic carbocycles. The van der Waals surface area contributed by atoms with E-state index in [1.807, 2.05) is 17.5 Å². The molecule has 10 heavy (non-hydrogen) atoms. The summed E-state index contributed by atoms with van der Waals surface area (Å²) < 4.78 is 11.8. The molecular formula is C6H8FNS2. The van der Waals surface area contributed by atoms with E-state index < -0.39 is 0 Å². The molecule has 0 amide bonds. The molecule has 1 aromatic rings. The second kappa shape index (κ2) is 3.83. The van der Waals surface area contributed by atoms with Crippen LogP contribution >= 0.6 is 23.5 Å². The van der Waals surface area contributed by atoms with E-state index in [9.17, 15) is 3.89 Å². The zero-order valence-corrected chi connectivity index (χ0v) is 7.14. The molecule has 1 aromatic heterocycles. The van der Waals surface area contributed by atoms with Crippen LogP contribution < -0.4 is 5.32 Å². The van der Waals surface area contributed by atoms with E-state index in [1.54, 1.807) is 18.3 Å². The van der Waals surface area contributed by atoms with Crippen LogP contribution in [0.1, 0.15) is 6.92 Å². The van der Waals surface area contributed by atoms with Gasteiger partial charge < -0.3 is 5.32 Å². The standard InChI is InChI=1S/C6H8FNS2/c1-5(10-7)8-6-3-2-4-9-6/h2-5,8H,1H3. The summed E-state index contributed by atoms with van der Waals surface area (Å²) in [6.07, 6.45) is 0. The Morgan fingerprint density at radius 2 is 2.60 bits per heavy atom. The first kappa shape index (κ1) is 7.88. The molecule has 0 saturated carbocycles. The van der Waals surface area contributed by atoms with Gasteiger partial charge in [-0.25, -0.2) is 0 Å². The Hall–Kier alpha value is -0.220. The van der Waals surface area contributed by atoms with Crippen LogP contribution in [0.2, 0.25) is 0 Å². The van der Waals surface area contributed by atoms with Gasteiger partial charge in [-0.05, 0) is 24.4 Å². The van der Waals surface area contributed by atoms with Crippen molar-refractivity contribution in [2.75, 3.05) is 5.32 Å². The first-order chi connectivity index (χ1) is 4.83. The van der Waals surface area contributed by atoms with E-state index in [0.717, 1.165) is 5.00 Å². The van der Waals surface area contributed by atoms with Crippen LogP contribution in [-0.4, -0.2) is 5.37 Å². The quantitative estimate of drug-likeness (QED) is 0.712. The first-order valence-corrected chi connectivity index (χ1v) is 4.56. The van der Waals surface area contributed by atoms with Crippen LogP contribution in [0.5, 0.6) is 0 Å². The lowest BCUT2D eigenvalue weighted by atomic mass is 10.6. The predicted octanol–water partition coefficient (Wildman–Crippen LogP) is 3.12. The third-order valence-corrected chi connectivity index (χ3v) is 2.19. The lowest BCUT2D eigenvalue weighted by molar-refractivity contribution is 0.910. The minimum atomic E-state index is -0.154. The van der Waals surface area contributed by atoms with Gasteiger partial charge in [-0.1, -0.05) is 0 Å². The molecule has 1 N–H and O–H groups in total. The maximum atomic E-state index is 11.8. The SMILES string of the molecule is CC(Nc1cccs1)SF. The van der Waals surface area contributed by atoms with Crippen molar-refractivity contribution in [2.45, 2.75) is 12.3 Å². The number of hydrogen-bond donors (Lipinski definition) is 1. The topological polar surface area (TPSA) is 12.0 Å². The highest BCUT2D eigenvalue weighted by Gasteiger charge is 2.00. The van der Waals surface area contributed by atoms with Gasteiger partial charge in [-0.3, -0.25) is 0 Å². The van der Waals surface area contributed by atoms with Crippen molar-refractivity contribution < 1.29 is 3.89 Å². The van der Waals surface area contributed by atoms with Gasteiger partial charge in [0.2, 0.25) is 0 Å². The second-order valence-electron chi connectivity index (χ2n) is 1.85. The predicted molar refractivity (Wildman–Crippen MR) is 46.1 cm³/mol. The largest absolute Gasteiger partial charge is 0.363 e. The summed E-state index contributed by atoms with van der Waals surface area (Å²) in [5, 5.41) is 5.79. The fourth-order valence-electron chi connectivity index (χ4n) is 0.583. The molecule has 0 fully saturated rings. The molecule has 0 saturated heterocycles.